The van der Waals surface area contributed by atoms with Gasteiger partial charge < -0.3 is 15.2 Å². The van der Waals surface area contributed by atoms with E-state index in [4.69, 9.17) is 4.74 Å². The van der Waals surface area contributed by atoms with Crippen LogP contribution < -0.4 is 10.2 Å². The fourth-order valence-corrected chi connectivity index (χ4v) is 2.59. The topological polar surface area (TPSA) is 61.8 Å². The molecular formula is C17H26N2O3. The first kappa shape index (κ1) is 16.8. The van der Waals surface area contributed by atoms with Gasteiger partial charge >= 0.3 is 6.09 Å². The maximum atomic E-state index is 12.4. The van der Waals surface area contributed by atoms with Gasteiger partial charge in [0.1, 0.15) is 5.60 Å². The first-order valence-electron chi connectivity index (χ1n) is 7.78. The van der Waals surface area contributed by atoms with Crippen LogP contribution in [0.3, 0.4) is 0 Å². The van der Waals surface area contributed by atoms with Crippen molar-refractivity contribution in [2.45, 2.75) is 52.4 Å². The van der Waals surface area contributed by atoms with E-state index in [2.05, 4.69) is 11.4 Å². The van der Waals surface area contributed by atoms with Gasteiger partial charge in [-0.3, -0.25) is 4.90 Å². The minimum atomic E-state index is -0.501. The quantitative estimate of drug-likeness (QED) is 0.897. The molecule has 0 radical (unpaired) electrons. The number of carbonyl (C=O) groups is 1. The molecule has 1 atom stereocenters. The summed E-state index contributed by atoms with van der Waals surface area (Å²) in [4.78, 5) is 14.1. The van der Waals surface area contributed by atoms with Crippen molar-refractivity contribution >= 4 is 11.8 Å². The number of nitrogens with one attached hydrogen (secondary N) is 1. The molecule has 1 heterocycles. The molecule has 5 nitrogen and oxygen atoms in total. The number of benzene rings is 1. The molecule has 0 bridgehead atoms. The van der Waals surface area contributed by atoms with Crippen molar-refractivity contribution < 1.29 is 14.6 Å². The first-order chi connectivity index (χ1) is 10.3. The fourth-order valence-electron chi connectivity index (χ4n) is 2.59. The van der Waals surface area contributed by atoms with E-state index in [0.29, 0.717) is 19.6 Å². The average molecular weight is 306 g/mol. The highest BCUT2D eigenvalue weighted by Gasteiger charge is 2.30. The maximum absolute atomic E-state index is 12.4. The summed E-state index contributed by atoms with van der Waals surface area (Å²) in [6, 6.07) is 6.07. The molecule has 0 spiro atoms. The van der Waals surface area contributed by atoms with Gasteiger partial charge in [-0.1, -0.05) is 18.2 Å². The molecule has 1 aromatic rings. The molecule has 0 saturated carbocycles. The van der Waals surface area contributed by atoms with Crippen LogP contribution >= 0.6 is 0 Å². The predicted molar refractivity (Wildman–Crippen MR) is 87.1 cm³/mol. The van der Waals surface area contributed by atoms with Crippen LogP contribution in [0.2, 0.25) is 0 Å². The molecule has 1 unspecified atom stereocenters. The Kier molecular flexibility index (Phi) is 5.08. The molecule has 0 fully saturated rings. The Labute approximate surface area is 132 Å². The lowest BCUT2D eigenvalue weighted by Crippen LogP contribution is -2.36. The number of fused-ring (bicyclic) bond motifs is 1. The molecule has 0 aromatic heterocycles. The van der Waals surface area contributed by atoms with E-state index in [1.54, 1.807) is 11.8 Å². The molecule has 2 N–H and O–H groups in total. The first-order valence-corrected chi connectivity index (χ1v) is 7.78. The number of rotatable bonds is 4. The molecule has 122 valence electrons. The van der Waals surface area contributed by atoms with E-state index in [1.807, 2.05) is 32.9 Å². The Balaban J connectivity index is 2.16. The second-order valence-corrected chi connectivity index (χ2v) is 6.79. The molecule has 1 aliphatic rings. The lowest BCUT2D eigenvalue weighted by Gasteiger charge is -2.26. The zero-order valence-electron chi connectivity index (χ0n) is 13.8. The summed E-state index contributed by atoms with van der Waals surface area (Å²) in [6.45, 7) is 9.16. The number of para-hydroxylation sites is 1. The van der Waals surface area contributed by atoms with E-state index in [0.717, 1.165) is 17.7 Å². The summed E-state index contributed by atoms with van der Waals surface area (Å²) in [5.41, 5.74) is 2.68. The standard InChI is InChI=1S/C17H26N2O3/c1-12(20)10-18-11-14-7-5-6-13-8-9-19(15(13)14)16(21)22-17(2,3)4/h5-7,12,18,20H,8-11H2,1-4H3. The highest BCUT2D eigenvalue weighted by Crippen LogP contribution is 2.33. The van der Waals surface area contributed by atoms with Gasteiger partial charge in [-0.2, -0.15) is 0 Å². The fraction of sp³-hybridized carbons (Fsp3) is 0.588. The van der Waals surface area contributed by atoms with Gasteiger partial charge in [0, 0.05) is 19.6 Å². The largest absolute Gasteiger partial charge is 0.443 e. The minimum absolute atomic E-state index is 0.297. The summed E-state index contributed by atoms with van der Waals surface area (Å²) in [5.74, 6) is 0. The predicted octanol–water partition coefficient (Wildman–Crippen LogP) is 2.45. The van der Waals surface area contributed by atoms with Crippen LogP contribution in [0.25, 0.3) is 0 Å². The van der Waals surface area contributed by atoms with Crippen LogP contribution in [0.5, 0.6) is 0 Å². The smallest absolute Gasteiger partial charge is 0.414 e. The molecule has 0 saturated heterocycles. The highest BCUT2D eigenvalue weighted by atomic mass is 16.6. The minimum Gasteiger partial charge on any atom is -0.443 e. The summed E-state index contributed by atoms with van der Waals surface area (Å²) in [7, 11) is 0. The third kappa shape index (κ3) is 4.21. The lowest BCUT2D eigenvalue weighted by molar-refractivity contribution is 0.0583. The van der Waals surface area contributed by atoms with Crippen molar-refractivity contribution in [3.8, 4) is 0 Å². The normalized spacial score (nSPS) is 15.6. The van der Waals surface area contributed by atoms with Gasteiger partial charge in [0.05, 0.1) is 11.8 Å². The summed E-state index contributed by atoms with van der Waals surface area (Å²) in [5, 5.41) is 12.6. The zero-order valence-corrected chi connectivity index (χ0v) is 13.8. The van der Waals surface area contributed by atoms with Crippen LogP contribution in [-0.4, -0.2) is 36.0 Å². The number of carbonyl (C=O) groups excluding carboxylic acids is 1. The molecule has 5 heteroatoms. The van der Waals surface area contributed by atoms with Crippen LogP contribution in [0.1, 0.15) is 38.8 Å². The number of aliphatic hydroxyl groups excluding tert-OH is 1. The number of ether oxygens (including phenoxy) is 1. The van der Waals surface area contributed by atoms with E-state index in [-0.39, 0.29) is 6.09 Å². The second-order valence-electron chi connectivity index (χ2n) is 6.79. The molecule has 1 aromatic carbocycles. The van der Waals surface area contributed by atoms with Crippen LogP contribution in [0, 0.1) is 0 Å². The Morgan fingerprint density at radius 3 is 2.82 bits per heavy atom. The summed E-state index contributed by atoms with van der Waals surface area (Å²) >= 11 is 0. The van der Waals surface area contributed by atoms with E-state index in [1.165, 1.54) is 5.56 Å². The lowest BCUT2D eigenvalue weighted by atomic mass is 10.1. The number of hydrogen-bond acceptors (Lipinski definition) is 4. The number of nitrogens with zero attached hydrogens (tertiary/aromatic N) is 1. The summed E-state index contributed by atoms with van der Waals surface area (Å²) < 4.78 is 5.50. The number of hydrogen-bond donors (Lipinski definition) is 2. The average Bonchev–Trinajstić information content (AvgIpc) is 2.81. The molecule has 2 rings (SSSR count). The highest BCUT2D eigenvalue weighted by molar-refractivity contribution is 5.91. The van der Waals surface area contributed by atoms with Crippen molar-refractivity contribution in [3.05, 3.63) is 29.3 Å². The van der Waals surface area contributed by atoms with Gasteiger partial charge in [0.25, 0.3) is 0 Å². The third-order valence-corrected chi connectivity index (χ3v) is 3.45. The zero-order chi connectivity index (χ0) is 16.3. The molecule has 1 amide bonds. The van der Waals surface area contributed by atoms with Crippen LogP contribution in [0.4, 0.5) is 10.5 Å². The van der Waals surface area contributed by atoms with Crippen molar-refractivity contribution in [1.82, 2.24) is 5.32 Å². The van der Waals surface area contributed by atoms with Gasteiger partial charge in [0.2, 0.25) is 0 Å². The Hall–Kier alpha value is -1.59. The number of anilines is 1. The van der Waals surface area contributed by atoms with Crippen LogP contribution in [-0.2, 0) is 17.7 Å². The van der Waals surface area contributed by atoms with Crippen molar-refractivity contribution in [3.63, 3.8) is 0 Å². The van der Waals surface area contributed by atoms with Crippen molar-refractivity contribution in [2.24, 2.45) is 0 Å². The Bertz CT molecular complexity index is 535. The number of amides is 1. The Morgan fingerprint density at radius 2 is 2.18 bits per heavy atom. The van der Waals surface area contributed by atoms with E-state index in [9.17, 15) is 9.90 Å². The Morgan fingerprint density at radius 1 is 1.45 bits per heavy atom. The maximum Gasteiger partial charge on any atom is 0.414 e. The SMILES string of the molecule is CC(O)CNCc1cccc2c1N(C(=O)OC(C)(C)C)CC2. The van der Waals surface area contributed by atoms with E-state index >= 15 is 0 Å². The summed E-state index contributed by atoms with van der Waals surface area (Å²) in [6.07, 6.45) is 0.159. The van der Waals surface area contributed by atoms with Gasteiger partial charge in [-0.05, 0) is 45.2 Å². The van der Waals surface area contributed by atoms with Crippen molar-refractivity contribution in [2.75, 3.05) is 18.0 Å². The molecule has 22 heavy (non-hydrogen) atoms. The third-order valence-electron chi connectivity index (χ3n) is 3.45. The monoisotopic (exact) mass is 306 g/mol. The molecule has 0 aliphatic carbocycles. The molecular weight excluding hydrogens is 280 g/mol. The van der Waals surface area contributed by atoms with Crippen LogP contribution in [0.15, 0.2) is 18.2 Å². The van der Waals surface area contributed by atoms with Gasteiger partial charge in [-0.15, -0.1) is 0 Å². The van der Waals surface area contributed by atoms with Gasteiger partial charge in [0.15, 0.2) is 0 Å². The van der Waals surface area contributed by atoms with Gasteiger partial charge in [-0.25, -0.2) is 4.79 Å². The van der Waals surface area contributed by atoms with Crippen molar-refractivity contribution in [1.29, 1.82) is 0 Å². The van der Waals surface area contributed by atoms with E-state index < -0.39 is 11.7 Å². The number of aliphatic hydroxyl groups is 1. The molecule has 1 aliphatic heterocycles. The second kappa shape index (κ2) is 6.67.